The van der Waals surface area contributed by atoms with E-state index in [1.54, 1.807) is 0 Å². The molecule has 7 heteroatoms. The van der Waals surface area contributed by atoms with Crippen LogP contribution in [-0.4, -0.2) is 22.5 Å². The number of amides is 1. The number of rotatable bonds is 2. The maximum Gasteiger partial charge on any atom is 0.239 e. The van der Waals surface area contributed by atoms with E-state index in [4.69, 9.17) is 17.3 Å². The number of hydrogen-bond acceptors (Lipinski definition) is 3. The second kappa shape index (κ2) is 4.21. The molecule has 0 bridgehead atoms. The molecule has 0 fully saturated rings. The molecule has 0 atom stereocenters. The van der Waals surface area contributed by atoms with Crippen molar-refractivity contribution in [2.45, 2.75) is 6.54 Å². The molecule has 0 spiro atoms. The van der Waals surface area contributed by atoms with E-state index >= 15 is 0 Å². The zero-order chi connectivity index (χ0) is 12.6. The molecule has 17 heavy (non-hydrogen) atoms. The quantitative estimate of drug-likeness (QED) is 0.847. The van der Waals surface area contributed by atoms with Crippen molar-refractivity contribution in [2.75, 3.05) is 12.8 Å². The van der Waals surface area contributed by atoms with E-state index in [0.717, 1.165) is 0 Å². The fraction of sp³-hybridized carbons (Fsp3) is 0.200. The van der Waals surface area contributed by atoms with Gasteiger partial charge in [0.05, 0.1) is 16.1 Å². The van der Waals surface area contributed by atoms with E-state index in [0.29, 0.717) is 11.0 Å². The van der Waals surface area contributed by atoms with Crippen LogP contribution in [0.2, 0.25) is 5.02 Å². The molecular weight excluding hydrogens is 247 g/mol. The molecule has 0 aliphatic carbocycles. The number of anilines is 1. The van der Waals surface area contributed by atoms with E-state index in [1.165, 1.54) is 23.7 Å². The van der Waals surface area contributed by atoms with Crippen LogP contribution in [0, 0.1) is 5.82 Å². The second-order valence-electron chi connectivity index (χ2n) is 3.48. The van der Waals surface area contributed by atoms with Crippen LogP contribution in [0.3, 0.4) is 0 Å². The zero-order valence-electron chi connectivity index (χ0n) is 9.00. The summed E-state index contributed by atoms with van der Waals surface area (Å²) >= 11 is 5.64. The van der Waals surface area contributed by atoms with Crippen molar-refractivity contribution >= 4 is 34.5 Å². The van der Waals surface area contributed by atoms with Crippen LogP contribution in [0.1, 0.15) is 0 Å². The Morgan fingerprint density at radius 2 is 2.35 bits per heavy atom. The summed E-state index contributed by atoms with van der Waals surface area (Å²) in [4.78, 5) is 15.3. The molecule has 2 rings (SSSR count). The van der Waals surface area contributed by atoms with Gasteiger partial charge >= 0.3 is 0 Å². The Kier molecular flexibility index (Phi) is 2.89. The van der Waals surface area contributed by atoms with Gasteiger partial charge in [-0.25, -0.2) is 9.37 Å². The number of benzene rings is 1. The molecule has 0 saturated carbocycles. The van der Waals surface area contributed by atoms with E-state index in [2.05, 4.69) is 10.3 Å². The molecule has 0 aliphatic heterocycles. The van der Waals surface area contributed by atoms with Crippen LogP contribution in [0.25, 0.3) is 11.0 Å². The van der Waals surface area contributed by atoms with Crippen LogP contribution in [-0.2, 0) is 11.3 Å². The molecule has 2 aromatic rings. The van der Waals surface area contributed by atoms with Crippen LogP contribution in [0.4, 0.5) is 10.3 Å². The fourth-order valence-corrected chi connectivity index (χ4v) is 1.69. The van der Waals surface area contributed by atoms with Crippen LogP contribution < -0.4 is 11.1 Å². The largest absolute Gasteiger partial charge is 0.369 e. The Labute approximate surface area is 101 Å². The van der Waals surface area contributed by atoms with Gasteiger partial charge in [0, 0.05) is 13.1 Å². The van der Waals surface area contributed by atoms with Crippen molar-refractivity contribution in [2.24, 2.45) is 0 Å². The summed E-state index contributed by atoms with van der Waals surface area (Å²) in [6.45, 7) is -0.0140. The highest BCUT2D eigenvalue weighted by molar-refractivity contribution is 6.31. The lowest BCUT2D eigenvalue weighted by molar-refractivity contribution is -0.121. The summed E-state index contributed by atoms with van der Waals surface area (Å²) in [5.41, 5.74) is 6.56. The number of carbonyl (C=O) groups is 1. The molecule has 1 aromatic heterocycles. The number of likely N-dealkylation sites (N-methyl/N-ethyl adjacent to an activating group) is 1. The first-order chi connectivity index (χ1) is 8.02. The van der Waals surface area contributed by atoms with Crippen molar-refractivity contribution in [3.8, 4) is 0 Å². The number of nitrogens with zero attached hydrogens (tertiary/aromatic N) is 2. The first-order valence-corrected chi connectivity index (χ1v) is 5.22. The smallest absolute Gasteiger partial charge is 0.239 e. The van der Waals surface area contributed by atoms with E-state index < -0.39 is 5.82 Å². The van der Waals surface area contributed by atoms with Crippen molar-refractivity contribution in [1.29, 1.82) is 0 Å². The summed E-state index contributed by atoms with van der Waals surface area (Å²) in [6, 6.07) is 2.59. The number of nitrogen functional groups attached to an aromatic ring is 1. The number of aromatic nitrogens is 2. The number of halogens is 2. The third-order valence-electron chi connectivity index (χ3n) is 2.40. The molecule has 0 unspecified atom stereocenters. The van der Waals surface area contributed by atoms with Gasteiger partial charge in [0.1, 0.15) is 12.4 Å². The average Bonchev–Trinajstić information content (AvgIpc) is 2.56. The van der Waals surface area contributed by atoms with Gasteiger partial charge in [0.15, 0.2) is 0 Å². The highest BCUT2D eigenvalue weighted by Gasteiger charge is 2.13. The Hall–Kier alpha value is -1.82. The predicted octanol–water partition coefficient (Wildman–Crippen LogP) is 1.16. The van der Waals surface area contributed by atoms with Gasteiger partial charge in [-0.05, 0) is 6.07 Å². The molecule has 1 amide bonds. The standard InChI is InChI=1S/C10H10ClFN4O/c1-14-9(17)4-16-8-3-6(12)5(11)2-7(8)15-10(16)13/h2-3H,4H2,1H3,(H2,13,15)(H,14,17). The Balaban J connectivity index is 2.58. The van der Waals surface area contributed by atoms with Gasteiger partial charge in [0.25, 0.3) is 0 Å². The SMILES string of the molecule is CNC(=O)Cn1c(N)nc2cc(Cl)c(F)cc21. The van der Waals surface area contributed by atoms with Gasteiger partial charge in [-0.2, -0.15) is 0 Å². The topological polar surface area (TPSA) is 72.9 Å². The van der Waals surface area contributed by atoms with Gasteiger partial charge in [0.2, 0.25) is 11.9 Å². The molecule has 5 nitrogen and oxygen atoms in total. The van der Waals surface area contributed by atoms with Crippen molar-refractivity contribution in [3.63, 3.8) is 0 Å². The minimum atomic E-state index is -0.572. The second-order valence-corrected chi connectivity index (χ2v) is 3.89. The Morgan fingerprint density at radius 3 is 3.00 bits per heavy atom. The first-order valence-electron chi connectivity index (χ1n) is 4.84. The molecule has 0 radical (unpaired) electrons. The maximum atomic E-state index is 13.3. The van der Waals surface area contributed by atoms with Crippen LogP contribution in [0.5, 0.6) is 0 Å². The van der Waals surface area contributed by atoms with E-state index in [1.807, 2.05) is 0 Å². The number of nitrogens with one attached hydrogen (secondary N) is 1. The predicted molar refractivity (Wildman–Crippen MR) is 63.2 cm³/mol. The lowest BCUT2D eigenvalue weighted by Crippen LogP contribution is -2.24. The summed E-state index contributed by atoms with van der Waals surface area (Å²) in [5, 5.41) is 2.43. The summed E-state index contributed by atoms with van der Waals surface area (Å²) < 4.78 is 14.8. The van der Waals surface area contributed by atoms with Crippen LogP contribution >= 0.6 is 11.6 Å². The number of carbonyl (C=O) groups excluding carboxylic acids is 1. The molecule has 1 aromatic carbocycles. The van der Waals surface area contributed by atoms with Crippen molar-refractivity contribution < 1.29 is 9.18 Å². The number of fused-ring (bicyclic) bond motifs is 1. The summed E-state index contributed by atoms with van der Waals surface area (Å²) in [5.74, 6) is -0.672. The Bertz CT molecular complexity index is 595. The molecule has 1 heterocycles. The monoisotopic (exact) mass is 256 g/mol. The highest BCUT2D eigenvalue weighted by atomic mass is 35.5. The van der Waals surface area contributed by atoms with E-state index in [9.17, 15) is 9.18 Å². The minimum absolute atomic E-state index is 0.0140. The van der Waals surface area contributed by atoms with Gasteiger partial charge in [-0.3, -0.25) is 4.79 Å². The minimum Gasteiger partial charge on any atom is -0.369 e. The normalized spacial score (nSPS) is 10.8. The first kappa shape index (κ1) is 11.7. The Morgan fingerprint density at radius 1 is 1.65 bits per heavy atom. The molecule has 3 N–H and O–H groups in total. The third kappa shape index (κ3) is 2.03. The van der Waals surface area contributed by atoms with Crippen molar-refractivity contribution in [1.82, 2.24) is 14.9 Å². The average molecular weight is 257 g/mol. The number of hydrogen-bond donors (Lipinski definition) is 2. The summed E-state index contributed by atoms with van der Waals surface area (Å²) in [7, 11) is 1.51. The molecule has 0 aliphatic rings. The lowest BCUT2D eigenvalue weighted by Gasteiger charge is -2.05. The molecule has 0 saturated heterocycles. The van der Waals surface area contributed by atoms with E-state index in [-0.39, 0.29) is 23.4 Å². The molecule has 90 valence electrons. The van der Waals surface area contributed by atoms with Gasteiger partial charge in [-0.15, -0.1) is 0 Å². The third-order valence-corrected chi connectivity index (χ3v) is 2.69. The highest BCUT2D eigenvalue weighted by Crippen LogP contribution is 2.24. The molecular formula is C10H10ClFN4O. The lowest BCUT2D eigenvalue weighted by atomic mass is 10.3. The number of nitrogens with two attached hydrogens (primary N) is 1. The van der Waals surface area contributed by atoms with Gasteiger partial charge < -0.3 is 15.6 Å². The maximum absolute atomic E-state index is 13.3. The fourth-order valence-electron chi connectivity index (χ4n) is 1.53. The number of imidazole rings is 1. The van der Waals surface area contributed by atoms with Crippen molar-refractivity contribution in [3.05, 3.63) is 23.0 Å². The van der Waals surface area contributed by atoms with Crippen LogP contribution in [0.15, 0.2) is 12.1 Å². The van der Waals surface area contributed by atoms with Gasteiger partial charge in [-0.1, -0.05) is 11.6 Å². The zero-order valence-corrected chi connectivity index (χ0v) is 9.75. The summed E-state index contributed by atoms with van der Waals surface area (Å²) in [6.07, 6.45) is 0.